The highest BCUT2D eigenvalue weighted by molar-refractivity contribution is 6.46. The number of hydrogen-bond donors (Lipinski definition) is 1. The minimum absolute atomic E-state index is 0.0306. The molecule has 1 aliphatic heterocycles. The Kier molecular flexibility index (Phi) is 7.45. The molecule has 7 heteroatoms. The van der Waals surface area contributed by atoms with Crippen LogP contribution in [0.2, 0.25) is 0 Å². The van der Waals surface area contributed by atoms with E-state index in [0.29, 0.717) is 29.2 Å². The molecule has 180 valence electrons. The molecule has 1 N–H and O–H groups in total. The van der Waals surface area contributed by atoms with Crippen molar-refractivity contribution < 1.29 is 24.2 Å². The average molecular weight is 473 g/mol. The summed E-state index contributed by atoms with van der Waals surface area (Å²) >= 11 is 0. The minimum atomic E-state index is -0.789. The zero-order valence-electron chi connectivity index (χ0n) is 19.8. The minimum Gasteiger partial charge on any atom is -0.507 e. The van der Waals surface area contributed by atoms with Gasteiger partial charge in [-0.15, -0.1) is 0 Å². The Morgan fingerprint density at radius 2 is 1.77 bits per heavy atom. The second kappa shape index (κ2) is 10.9. The van der Waals surface area contributed by atoms with Gasteiger partial charge in [-0.1, -0.05) is 37.6 Å². The summed E-state index contributed by atoms with van der Waals surface area (Å²) in [5.74, 6) is -0.475. The molecule has 1 aromatic heterocycles. The van der Waals surface area contributed by atoms with Crippen molar-refractivity contribution >= 4 is 17.4 Å². The smallest absolute Gasteiger partial charge is 0.295 e. The van der Waals surface area contributed by atoms with Crippen LogP contribution in [0.4, 0.5) is 0 Å². The molecule has 2 heterocycles. The van der Waals surface area contributed by atoms with Crippen molar-refractivity contribution in [1.82, 2.24) is 9.88 Å². The number of carbonyl (C=O) groups excluding carboxylic acids is 2. The third-order valence-corrected chi connectivity index (χ3v) is 5.93. The van der Waals surface area contributed by atoms with Gasteiger partial charge in [0.25, 0.3) is 11.7 Å². The van der Waals surface area contributed by atoms with E-state index in [9.17, 15) is 14.7 Å². The van der Waals surface area contributed by atoms with Crippen molar-refractivity contribution in [2.45, 2.75) is 32.4 Å². The topological polar surface area (TPSA) is 89.0 Å². The maximum Gasteiger partial charge on any atom is 0.295 e. The summed E-state index contributed by atoms with van der Waals surface area (Å²) in [6.07, 6.45) is 5.18. The summed E-state index contributed by atoms with van der Waals surface area (Å²) in [7, 11) is 1.55. The fraction of sp³-hybridized carbons (Fsp3) is 0.250. The molecule has 4 rings (SSSR count). The molecule has 35 heavy (non-hydrogen) atoms. The number of benzene rings is 2. The first kappa shape index (κ1) is 24.0. The van der Waals surface area contributed by atoms with E-state index in [2.05, 4.69) is 11.9 Å². The molecule has 0 bridgehead atoms. The van der Waals surface area contributed by atoms with Crippen LogP contribution in [0.25, 0.3) is 5.76 Å². The standard InChI is InChI=1S/C28H28N2O5/c1-3-4-15-35-23-10-6-8-21(17-23)26(31)24-25(20-7-5-9-22(16-20)34-2)30(28(33)27(24)32)18-19-11-13-29-14-12-19/h5-14,16-17,25,31H,3-4,15,18H2,1-2H3/b26-24+. The van der Waals surface area contributed by atoms with Gasteiger partial charge in [-0.05, 0) is 53.9 Å². The number of hydrogen-bond acceptors (Lipinski definition) is 6. The van der Waals surface area contributed by atoms with Gasteiger partial charge in [-0.3, -0.25) is 14.6 Å². The number of rotatable bonds is 9. The van der Waals surface area contributed by atoms with Crippen molar-refractivity contribution in [1.29, 1.82) is 0 Å². The van der Waals surface area contributed by atoms with Gasteiger partial charge in [0, 0.05) is 24.5 Å². The van der Waals surface area contributed by atoms with Crippen LogP contribution in [0.15, 0.2) is 78.6 Å². The molecule has 1 amide bonds. The zero-order chi connectivity index (χ0) is 24.8. The third-order valence-electron chi connectivity index (χ3n) is 5.93. The highest BCUT2D eigenvalue weighted by Crippen LogP contribution is 2.41. The van der Waals surface area contributed by atoms with Crippen molar-refractivity contribution in [3.8, 4) is 11.5 Å². The van der Waals surface area contributed by atoms with Crippen LogP contribution in [0, 0.1) is 0 Å². The Labute approximate surface area is 204 Å². The fourth-order valence-corrected chi connectivity index (χ4v) is 4.11. The van der Waals surface area contributed by atoms with Gasteiger partial charge in [0.05, 0.1) is 25.3 Å². The Bertz CT molecular complexity index is 1240. The molecule has 0 radical (unpaired) electrons. The van der Waals surface area contributed by atoms with E-state index in [4.69, 9.17) is 9.47 Å². The maximum atomic E-state index is 13.3. The maximum absolute atomic E-state index is 13.3. The van der Waals surface area contributed by atoms with Gasteiger partial charge in [-0.2, -0.15) is 0 Å². The molecule has 1 fully saturated rings. The predicted molar refractivity (Wildman–Crippen MR) is 132 cm³/mol. The molecule has 1 saturated heterocycles. The summed E-state index contributed by atoms with van der Waals surface area (Å²) in [6.45, 7) is 2.82. The second-order valence-corrected chi connectivity index (χ2v) is 8.29. The Hall–Kier alpha value is -4.13. The van der Waals surface area contributed by atoms with Gasteiger partial charge < -0.3 is 19.5 Å². The normalized spacial score (nSPS) is 17.0. The SMILES string of the molecule is CCCCOc1cccc(/C(O)=C2\C(=O)C(=O)N(Cc3ccncc3)C2c2cccc(OC)c2)c1. The number of aromatic nitrogens is 1. The number of Topliss-reactive ketones (excluding diaryl/α,β-unsaturated/α-hetero) is 1. The molecule has 0 spiro atoms. The van der Waals surface area contributed by atoms with Gasteiger partial charge >= 0.3 is 0 Å². The van der Waals surface area contributed by atoms with E-state index in [1.807, 2.05) is 6.07 Å². The molecule has 0 saturated carbocycles. The molecule has 7 nitrogen and oxygen atoms in total. The van der Waals surface area contributed by atoms with E-state index in [1.54, 1.807) is 74.1 Å². The van der Waals surface area contributed by atoms with Gasteiger partial charge in [0.1, 0.15) is 17.3 Å². The van der Waals surface area contributed by atoms with Crippen molar-refractivity contribution in [2.24, 2.45) is 0 Å². The van der Waals surface area contributed by atoms with Crippen LogP contribution in [0.1, 0.15) is 42.5 Å². The lowest BCUT2D eigenvalue weighted by Crippen LogP contribution is -2.29. The number of methoxy groups -OCH3 is 1. The molecule has 3 aromatic rings. The van der Waals surface area contributed by atoms with E-state index < -0.39 is 17.7 Å². The number of likely N-dealkylation sites (tertiary alicyclic amines) is 1. The Morgan fingerprint density at radius 3 is 2.51 bits per heavy atom. The van der Waals surface area contributed by atoms with Crippen molar-refractivity contribution in [3.05, 3.63) is 95.3 Å². The van der Waals surface area contributed by atoms with Crippen molar-refractivity contribution in [2.75, 3.05) is 13.7 Å². The number of ether oxygens (including phenoxy) is 2. The third kappa shape index (κ3) is 5.19. The molecule has 1 atom stereocenters. The number of nitrogens with zero attached hydrogens (tertiary/aromatic N) is 2. The lowest BCUT2D eigenvalue weighted by molar-refractivity contribution is -0.140. The number of unbranched alkanes of at least 4 members (excludes halogenated alkanes) is 1. The van der Waals surface area contributed by atoms with Crippen LogP contribution in [0.3, 0.4) is 0 Å². The number of carbonyl (C=O) groups is 2. The second-order valence-electron chi connectivity index (χ2n) is 8.29. The highest BCUT2D eigenvalue weighted by Gasteiger charge is 2.46. The molecule has 1 aliphatic rings. The van der Waals surface area contributed by atoms with Gasteiger partial charge in [0.2, 0.25) is 0 Å². The summed E-state index contributed by atoms with van der Waals surface area (Å²) in [6, 6.07) is 16.9. The predicted octanol–water partition coefficient (Wildman–Crippen LogP) is 4.89. The molecule has 2 aromatic carbocycles. The summed E-state index contributed by atoms with van der Waals surface area (Å²) in [4.78, 5) is 32.0. The first-order valence-electron chi connectivity index (χ1n) is 11.6. The van der Waals surface area contributed by atoms with Crippen LogP contribution < -0.4 is 9.47 Å². The van der Waals surface area contributed by atoms with Crippen molar-refractivity contribution in [3.63, 3.8) is 0 Å². The molecule has 1 unspecified atom stereocenters. The Balaban J connectivity index is 1.80. The van der Waals surface area contributed by atoms with Crippen LogP contribution in [-0.2, 0) is 16.1 Å². The lowest BCUT2D eigenvalue weighted by Gasteiger charge is -2.25. The number of pyridine rings is 1. The van der Waals surface area contributed by atoms with E-state index in [0.717, 1.165) is 18.4 Å². The van der Waals surface area contributed by atoms with Gasteiger partial charge in [0.15, 0.2) is 0 Å². The van der Waals surface area contributed by atoms with Crippen LogP contribution in [0.5, 0.6) is 11.5 Å². The molecular weight excluding hydrogens is 444 g/mol. The quantitative estimate of drug-likeness (QED) is 0.206. The first-order valence-corrected chi connectivity index (χ1v) is 11.6. The van der Waals surface area contributed by atoms with Gasteiger partial charge in [-0.25, -0.2) is 0 Å². The zero-order valence-corrected chi connectivity index (χ0v) is 19.8. The number of aliphatic hydroxyl groups excluding tert-OH is 1. The molecule has 0 aliphatic carbocycles. The van der Waals surface area contributed by atoms with E-state index >= 15 is 0 Å². The van der Waals surface area contributed by atoms with Crippen LogP contribution >= 0.6 is 0 Å². The summed E-state index contributed by atoms with van der Waals surface area (Å²) < 4.78 is 11.1. The Morgan fingerprint density at radius 1 is 1.03 bits per heavy atom. The average Bonchev–Trinajstić information content (AvgIpc) is 3.14. The number of amides is 1. The van der Waals surface area contributed by atoms with E-state index in [-0.39, 0.29) is 17.9 Å². The fourth-order valence-electron chi connectivity index (χ4n) is 4.11. The highest BCUT2D eigenvalue weighted by atomic mass is 16.5. The molecular formula is C28H28N2O5. The summed E-state index contributed by atoms with van der Waals surface area (Å²) in [5, 5.41) is 11.3. The lowest BCUT2D eigenvalue weighted by atomic mass is 9.95. The van der Waals surface area contributed by atoms with E-state index in [1.165, 1.54) is 4.90 Å². The van der Waals surface area contributed by atoms with Crippen LogP contribution in [-0.4, -0.2) is 40.4 Å². The first-order chi connectivity index (χ1) is 17.0. The monoisotopic (exact) mass is 472 g/mol. The number of aliphatic hydroxyl groups is 1. The number of ketones is 1. The largest absolute Gasteiger partial charge is 0.507 e. The summed E-state index contributed by atoms with van der Waals surface area (Å²) in [5.41, 5.74) is 1.92.